The maximum Gasteiger partial charge on any atom is 0.332 e. The van der Waals surface area contributed by atoms with Gasteiger partial charge in [-0.3, -0.25) is 18.5 Å². The quantitative estimate of drug-likeness (QED) is 0.263. The van der Waals surface area contributed by atoms with E-state index < -0.39 is 11.2 Å². The summed E-state index contributed by atoms with van der Waals surface area (Å²) in [5.41, 5.74) is 5.66. The fraction of sp³-hybridized carbons (Fsp3) is 0.143. The van der Waals surface area contributed by atoms with Crippen molar-refractivity contribution in [3.63, 3.8) is 0 Å². The van der Waals surface area contributed by atoms with Crippen LogP contribution in [0.4, 0.5) is 5.95 Å². The number of hydrazone groups is 1. The van der Waals surface area contributed by atoms with Crippen molar-refractivity contribution >= 4 is 23.3 Å². The Hall–Kier alpha value is -4.92. The number of aryl methyl sites for hydroxylation is 1. The molecule has 186 valence electrons. The minimum atomic E-state index is -0.438. The van der Waals surface area contributed by atoms with E-state index in [4.69, 9.17) is 4.74 Å². The second-order valence-electron chi connectivity index (χ2n) is 8.60. The topological polar surface area (TPSA) is 95.4 Å². The Kier molecular flexibility index (Phi) is 6.67. The predicted molar refractivity (Wildman–Crippen MR) is 144 cm³/mol. The van der Waals surface area contributed by atoms with Gasteiger partial charge in [-0.05, 0) is 41.0 Å². The largest absolute Gasteiger partial charge is 0.489 e. The number of benzene rings is 3. The summed E-state index contributed by atoms with van der Waals surface area (Å²) in [4.78, 5) is 30.0. The third-order valence-corrected chi connectivity index (χ3v) is 6.04. The van der Waals surface area contributed by atoms with Crippen molar-refractivity contribution in [3.8, 4) is 5.75 Å². The van der Waals surface area contributed by atoms with E-state index in [1.54, 1.807) is 17.8 Å². The van der Waals surface area contributed by atoms with Crippen LogP contribution in [0.5, 0.6) is 5.75 Å². The molecule has 2 heterocycles. The molecule has 2 aromatic heterocycles. The number of ether oxygens (including phenoxy) is 1. The van der Waals surface area contributed by atoms with Crippen LogP contribution in [0.3, 0.4) is 0 Å². The first kappa shape index (κ1) is 23.8. The molecule has 0 aliphatic heterocycles. The first-order valence-corrected chi connectivity index (χ1v) is 11.8. The lowest BCUT2D eigenvalue weighted by Gasteiger charge is -2.09. The maximum absolute atomic E-state index is 13.0. The van der Waals surface area contributed by atoms with Crippen molar-refractivity contribution in [3.05, 3.63) is 122 Å². The van der Waals surface area contributed by atoms with E-state index in [1.165, 1.54) is 11.6 Å². The van der Waals surface area contributed by atoms with Crippen molar-refractivity contribution < 1.29 is 4.74 Å². The number of rotatable bonds is 8. The second-order valence-corrected chi connectivity index (χ2v) is 8.60. The Morgan fingerprint density at radius 2 is 1.51 bits per heavy atom. The molecule has 9 nitrogen and oxygen atoms in total. The Bertz CT molecular complexity index is 1670. The number of imidazole rings is 1. The summed E-state index contributed by atoms with van der Waals surface area (Å²) in [6.07, 6.45) is 1.66. The van der Waals surface area contributed by atoms with Crippen LogP contribution in [-0.2, 0) is 27.2 Å². The average molecular weight is 495 g/mol. The van der Waals surface area contributed by atoms with Crippen LogP contribution in [-0.4, -0.2) is 24.9 Å². The van der Waals surface area contributed by atoms with Crippen LogP contribution in [0.25, 0.3) is 11.2 Å². The summed E-state index contributed by atoms with van der Waals surface area (Å²) < 4.78 is 10.0. The summed E-state index contributed by atoms with van der Waals surface area (Å²) in [6.45, 7) is 0.880. The van der Waals surface area contributed by atoms with Crippen LogP contribution in [0.2, 0.25) is 0 Å². The summed E-state index contributed by atoms with van der Waals surface area (Å²) in [6, 6.07) is 27.3. The Morgan fingerprint density at radius 1 is 0.865 bits per heavy atom. The molecule has 9 heteroatoms. The zero-order valence-corrected chi connectivity index (χ0v) is 20.5. The Labute approximate surface area is 212 Å². The molecule has 37 heavy (non-hydrogen) atoms. The fourth-order valence-electron chi connectivity index (χ4n) is 4.01. The lowest BCUT2D eigenvalue weighted by molar-refractivity contribution is 0.306. The van der Waals surface area contributed by atoms with E-state index in [0.717, 1.165) is 27.0 Å². The van der Waals surface area contributed by atoms with E-state index in [2.05, 4.69) is 15.5 Å². The van der Waals surface area contributed by atoms with Gasteiger partial charge in [0.1, 0.15) is 12.4 Å². The number of fused-ring (bicyclic) bond motifs is 1. The van der Waals surface area contributed by atoms with Gasteiger partial charge in [0.2, 0.25) is 5.95 Å². The monoisotopic (exact) mass is 494 g/mol. The van der Waals surface area contributed by atoms with Crippen molar-refractivity contribution in [2.45, 2.75) is 13.2 Å². The van der Waals surface area contributed by atoms with Gasteiger partial charge in [-0.25, -0.2) is 10.2 Å². The standard InChI is InChI=1S/C28H26N6O3/c1-32-25-24(26(35)33(2)28(32)36)34(18-21-9-5-3-6-10-21)27(30-25)31-29-17-20-13-15-23(16-14-20)37-19-22-11-7-4-8-12-22/h3-17H,18-19H2,1-2H3,(H,30,31)/b29-17+. The summed E-state index contributed by atoms with van der Waals surface area (Å²) in [7, 11) is 3.06. The number of nitrogens with zero attached hydrogens (tertiary/aromatic N) is 5. The Morgan fingerprint density at radius 3 is 2.19 bits per heavy atom. The summed E-state index contributed by atoms with van der Waals surface area (Å²) in [5, 5.41) is 4.34. The predicted octanol–water partition coefficient (Wildman–Crippen LogP) is 3.51. The highest BCUT2D eigenvalue weighted by Gasteiger charge is 2.19. The van der Waals surface area contributed by atoms with Gasteiger partial charge < -0.3 is 4.74 Å². The molecule has 0 spiro atoms. The van der Waals surface area contributed by atoms with E-state index in [1.807, 2.05) is 84.9 Å². The molecule has 5 rings (SSSR count). The molecule has 3 aromatic carbocycles. The molecule has 1 N–H and O–H groups in total. The lowest BCUT2D eigenvalue weighted by Crippen LogP contribution is -2.37. The number of nitrogens with one attached hydrogen (secondary N) is 1. The van der Waals surface area contributed by atoms with E-state index in [0.29, 0.717) is 30.3 Å². The van der Waals surface area contributed by atoms with Crippen molar-refractivity contribution in [2.24, 2.45) is 19.2 Å². The van der Waals surface area contributed by atoms with Crippen LogP contribution in [0, 0.1) is 0 Å². The van der Waals surface area contributed by atoms with Crippen LogP contribution < -0.4 is 21.4 Å². The van der Waals surface area contributed by atoms with Gasteiger partial charge in [-0.15, -0.1) is 0 Å². The highest BCUT2D eigenvalue weighted by Crippen LogP contribution is 2.18. The molecule has 0 aliphatic rings. The van der Waals surface area contributed by atoms with E-state index in [-0.39, 0.29) is 0 Å². The van der Waals surface area contributed by atoms with Gasteiger partial charge >= 0.3 is 5.69 Å². The zero-order valence-electron chi connectivity index (χ0n) is 20.5. The number of anilines is 1. The van der Waals surface area contributed by atoms with Gasteiger partial charge in [-0.1, -0.05) is 60.7 Å². The molecule has 0 saturated heterocycles. The molecule has 5 aromatic rings. The third-order valence-electron chi connectivity index (χ3n) is 6.04. The van der Waals surface area contributed by atoms with E-state index in [9.17, 15) is 9.59 Å². The lowest BCUT2D eigenvalue weighted by atomic mass is 10.2. The van der Waals surface area contributed by atoms with Crippen LogP contribution in [0.1, 0.15) is 16.7 Å². The Balaban J connectivity index is 1.38. The molecule has 0 fully saturated rings. The molecule has 0 amide bonds. The first-order valence-electron chi connectivity index (χ1n) is 11.8. The molecular formula is C28H26N6O3. The minimum absolute atomic E-state index is 0.293. The van der Waals surface area contributed by atoms with Gasteiger partial charge in [0.15, 0.2) is 11.2 Å². The third kappa shape index (κ3) is 5.06. The SMILES string of the molecule is Cn1c(=O)c2c(nc(N/N=C/c3ccc(OCc4ccccc4)cc3)n2Cc2ccccc2)n(C)c1=O. The van der Waals surface area contributed by atoms with Gasteiger partial charge in [0.05, 0.1) is 12.8 Å². The number of hydrogen-bond acceptors (Lipinski definition) is 6. The fourth-order valence-corrected chi connectivity index (χ4v) is 4.01. The van der Waals surface area contributed by atoms with Crippen LogP contribution >= 0.6 is 0 Å². The minimum Gasteiger partial charge on any atom is -0.489 e. The summed E-state index contributed by atoms with van der Waals surface area (Å²) >= 11 is 0. The summed E-state index contributed by atoms with van der Waals surface area (Å²) in [5.74, 6) is 1.12. The maximum atomic E-state index is 13.0. The zero-order chi connectivity index (χ0) is 25.8. The average Bonchev–Trinajstić information content (AvgIpc) is 3.29. The smallest absolute Gasteiger partial charge is 0.332 e. The van der Waals surface area contributed by atoms with Gasteiger partial charge in [-0.2, -0.15) is 10.1 Å². The first-order chi connectivity index (χ1) is 18.0. The van der Waals surface area contributed by atoms with Crippen molar-refractivity contribution in [1.29, 1.82) is 0 Å². The molecule has 0 atom stereocenters. The highest BCUT2D eigenvalue weighted by molar-refractivity contribution is 5.80. The van der Waals surface area contributed by atoms with Gasteiger partial charge in [0.25, 0.3) is 5.56 Å². The number of aromatic nitrogens is 4. The highest BCUT2D eigenvalue weighted by atomic mass is 16.5. The molecule has 0 radical (unpaired) electrons. The van der Waals surface area contributed by atoms with Gasteiger partial charge in [0, 0.05) is 14.1 Å². The van der Waals surface area contributed by atoms with Crippen LogP contribution in [0.15, 0.2) is 99.6 Å². The van der Waals surface area contributed by atoms with Crippen molar-refractivity contribution in [2.75, 3.05) is 5.43 Å². The second kappa shape index (κ2) is 10.4. The molecule has 0 unspecified atom stereocenters. The molecule has 0 bridgehead atoms. The van der Waals surface area contributed by atoms with E-state index >= 15 is 0 Å². The molecular weight excluding hydrogens is 468 g/mol. The normalized spacial score (nSPS) is 11.3. The molecule has 0 saturated carbocycles. The van der Waals surface area contributed by atoms with Crippen molar-refractivity contribution in [1.82, 2.24) is 18.7 Å². The molecule has 0 aliphatic carbocycles. The number of hydrogen-bond donors (Lipinski definition) is 1.